The predicted molar refractivity (Wildman–Crippen MR) is 233 cm³/mol. The fourth-order valence-electron chi connectivity index (χ4n) is 7.75. The third kappa shape index (κ3) is 5.84. The molecule has 0 saturated carbocycles. The van der Waals surface area contributed by atoms with Crippen LogP contribution in [0.1, 0.15) is 0 Å². The third-order valence-corrected chi connectivity index (χ3v) is 11.7. The Labute approximate surface area is 319 Å². The van der Waals surface area contributed by atoms with Gasteiger partial charge in [0.15, 0.2) is 0 Å². The van der Waals surface area contributed by atoms with Gasteiger partial charge in [-0.1, -0.05) is 170 Å². The lowest BCUT2D eigenvalue weighted by Crippen LogP contribution is -2.10. The highest BCUT2D eigenvalue weighted by atomic mass is 32.1. The SMILES string of the molecule is c1ccc(-c2ccc(-c3ccc(N(c4ccc(-c5ccc6cccc(-c7ccccc7)c6c5)cc4)c4cccc5c4sc4ccccc45)cc3)cc2)cc1. The van der Waals surface area contributed by atoms with Gasteiger partial charge < -0.3 is 4.90 Å². The number of hydrogen-bond acceptors (Lipinski definition) is 2. The van der Waals surface area contributed by atoms with E-state index >= 15 is 0 Å². The lowest BCUT2D eigenvalue weighted by Gasteiger charge is -2.26. The van der Waals surface area contributed by atoms with Crippen LogP contribution in [-0.2, 0) is 0 Å². The summed E-state index contributed by atoms with van der Waals surface area (Å²) in [6.07, 6.45) is 0. The summed E-state index contributed by atoms with van der Waals surface area (Å²) in [6, 6.07) is 77.0. The molecule has 0 N–H and O–H groups in total. The van der Waals surface area contributed by atoms with E-state index in [1.54, 1.807) is 0 Å². The number of fused-ring (bicyclic) bond motifs is 4. The zero-order valence-corrected chi connectivity index (χ0v) is 30.4. The highest BCUT2D eigenvalue weighted by Gasteiger charge is 2.18. The number of nitrogens with zero attached hydrogens (tertiary/aromatic N) is 1. The Balaban J connectivity index is 1.05. The van der Waals surface area contributed by atoms with Gasteiger partial charge in [-0.15, -0.1) is 11.3 Å². The van der Waals surface area contributed by atoms with Gasteiger partial charge in [-0.05, 0) is 97.7 Å². The maximum atomic E-state index is 2.41. The van der Waals surface area contributed by atoms with E-state index < -0.39 is 0 Å². The highest BCUT2D eigenvalue weighted by molar-refractivity contribution is 7.26. The molecule has 0 bridgehead atoms. The first-order valence-electron chi connectivity index (χ1n) is 18.4. The van der Waals surface area contributed by atoms with Gasteiger partial charge in [0.2, 0.25) is 0 Å². The van der Waals surface area contributed by atoms with E-state index in [9.17, 15) is 0 Å². The van der Waals surface area contributed by atoms with Crippen LogP contribution in [0.2, 0.25) is 0 Å². The number of thiophene rings is 1. The average molecular weight is 706 g/mol. The minimum Gasteiger partial charge on any atom is -0.309 e. The van der Waals surface area contributed by atoms with E-state index in [2.05, 4.69) is 217 Å². The molecule has 0 unspecified atom stereocenters. The first-order chi connectivity index (χ1) is 26.8. The van der Waals surface area contributed by atoms with E-state index in [1.807, 2.05) is 11.3 Å². The summed E-state index contributed by atoms with van der Waals surface area (Å²) in [7, 11) is 0. The van der Waals surface area contributed by atoms with Gasteiger partial charge in [0.25, 0.3) is 0 Å². The Bertz CT molecular complexity index is 2890. The van der Waals surface area contributed by atoms with Crippen molar-refractivity contribution in [3.8, 4) is 44.5 Å². The van der Waals surface area contributed by atoms with Crippen LogP contribution in [0, 0.1) is 0 Å². The molecular formula is C52H35NS. The first-order valence-corrected chi connectivity index (χ1v) is 19.2. The standard InChI is InChI=1S/C52H35NS/c1-3-11-36(12-4-1)37-21-23-38(24-22-37)39-27-31-44(32-28-39)53(50-19-10-18-48-47-16-7-8-20-51(47)54-52(48)50)45-33-29-40(30-34-45)43-26-25-42-15-9-17-46(49(42)35-43)41-13-5-2-6-14-41/h1-35H. The highest BCUT2D eigenvalue weighted by Crippen LogP contribution is 2.45. The van der Waals surface area contributed by atoms with E-state index in [4.69, 9.17) is 0 Å². The molecule has 9 aromatic carbocycles. The second-order valence-corrected chi connectivity index (χ2v) is 14.8. The average Bonchev–Trinajstić information content (AvgIpc) is 3.64. The van der Waals surface area contributed by atoms with Crippen molar-refractivity contribution in [2.24, 2.45) is 0 Å². The number of hydrogen-bond donors (Lipinski definition) is 0. The second kappa shape index (κ2) is 13.7. The quantitative estimate of drug-likeness (QED) is 0.160. The molecule has 10 rings (SSSR count). The zero-order chi connectivity index (χ0) is 35.8. The normalized spacial score (nSPS) is 11.3. The van der Waals surface area contributed by atoms with E-state index in [-0.39, 0.29) is 0 Å². The molecule has 0 aliphatic carbocycles. The molecule has 0 fully saturated rings. The summed E-state index contributed by atoms with van der Waals surface area (Å²) < 4.78 is 2.59. The maximum absolute atomic E-state index is 2.41. The van der Waals surface area contributed by atoms with Gasteiger partial charge in [-0.3, -0.25) is 0 Å². The summed E-state index contributed by atoms with van der Waals surface area (Å²) >= 11 is 1.86. The monoisotopic (exact) mass is 705 g/mol. The fraction of sp³-hybridized carbons (Fsp3) is 0. The van der Waals surface area contributed by atoms with Crippen molar-refractivity contribution in [2.45, 2.75) is 0 Å². The van der Waals surface area contributed by atoms with Crippen molar-refractivity contribution in [1.29, 1.82) is 0 Å². The minimum absolute atomic E-state index is 1.12. The number of benzene rings is 9. The molecule has 254 valence electrons. The summed E-state index contributed by atoms with van der Waals surface area (Å²) in [5.41, 5.74) is 13.2. The summed E-state index contributed by atoms with van der Waals surface area (Å²) in [5, 5.41) is 5.10. The van der Waals surface area contributed by atoms with E-state index in [0.29, 0.717) is 0 Å². The number of anilines is 3. The van der Waals surface area contributed by atoms with E-state index in [1.165, 1.54) is 81.1 Å². The molecule has 10 aromatic rings. The third-order valence-electron chi connectivity index (χ3n) is 10.5. The molecule has 0 saturated heterocycles. The lowest BCUT2D eigenvalue weighted by atomic mass is 9.95. The summed E-state index contributed by atoms with van der Waals surface area (Å²) in [5.74, 6) is 0. The molecule has 0 aliphatic heterocycles. The van der Waals surface area contributed by atoms with Crippen LogP contribution in [-0.4, -0.2) is 0 Å². The van der Waals surface area contributed by atoms with Crippen molar-refractivity contribution in [2.75, 3.05) is 4.90 Å². The molecule has 0 aliphatic rings. The summed E-state index contributed by atoms with van der Waals surface area (Å²) in [6.45, 7) is 0. The summed E-state index contributed by atoms with van der Waals surface area (Å²) in [4.78, 5) is 2.41. The van der Waals surface area contributed by atoms with Crippen LogP contribution in [0.4, 0.5) is 17.1 Å². The van der Waals surface area contributed by atoms with Crippen LogP contribution in [0.25, 0.3) is 75.5 Å². The number of rotatable bonds is 7. The Kier molecular flexibility index (Phi) is 8.09. The fourth-order valence-corrected chi connectivity index (χ4v) is 8.96. The van der Waals surface area contributed by atoms with Gasteiger partial charge in [-0.2, -0.15) is 0 Å². The Morgan fingerprint density at radius 3 is 1.48 bits per heavy atom. The molecule has 54 heavy (non-hydrogen) atoms. The Hall–Kier alpha value is -6.74. The zero-order valence-electron chi connectivity index (χ0n) is 29.6. The van der Waals surface area contributed by atoms with Crippen LogP contribution in [0.3, 0.4) is 0 Å². The molecule has 0 spiro atoms. The minimum atomic E-state index is 1.12. The molecule has 0 atom stereocenters. The van der Waals surface area contributed by atoms with Crippen molar-refractivity contribution < 1.29 is 0 Å². The Morgan fingerprint density at radius 2 is 0.815 bits per heavy atom. The van der Waals surface area contributed by atoms with Gasteiger partial charge in [0.1, 0.15) is 0 Å². The van der Waals surface area contributed by atoms with E-state index in [0.717, 1.165) is 11.4 Å². The first kappa shape index (κ1) is 32.0. The van der Waals surface area contributed by atoms with Crippen molar-refractivity contribution >= 4 is 59.3 Å². The molecule has 0 amide bonds. The molecule has 1 heterocycles. The predicted octanol–water partition coefficient (Wildman–Crippen LogP) is 15.3. The van der Waals surface area contributed by atoms with Crippen LogP contribution < -0.4 is 4.90 Å². The molecule has 1 aromatic heterocycles. The largest absolute Gasteiger partial charge is 0.309 e. The van der Waals surface area contributed by atoms with Gasteiger partial charge >= 0.3 is 0 Å². The van der Waals surface area contributed by atoms with Crippen LogP contribution in [0.5, 0.6) is 0 Å². The van der Waals surface area contributed by atoms with Gasteiger partial charge in [0, 0.05) is 26.8 Å². The molecule has 2 heteroatoms. The van der Waals surface area contributed by atoms with Crippen molar-refractivity contribution in [3.05, 3.63) is 212 Å². The van der Waals surface area contributed by atoms with Gasteiger partial charge in [-0.25, -0.2) is 0 Å². The van der Waals surface area contributed by atoms with Crippen molar-refractivity contribution in [1.82, 2.24) is 0 Å². The topological polar surface area (TPSA) is 3.24 Å². The van der Waals surface area contributed by atoms with Crippen molar-refractivity contribution in [3.63, 3.8) is 0 Å². The lowest BCUT2D eigenvalue weighted by molar-refractivity contribution is 1.30. The second-order valence-electron chi connectivity index (χ2n) is 13.7. The molecular weight excluding hydrogens is 671 g/mol. The Morgan fingerprint density at radius 1 is 0.315 bits per heavy atom. The maximum Gasteiger partial charge on any atom is 0.0640 e. The smallest absolute Gasteiger partial charge is 0.0640 e. The molecule has 1 nitrogen and oxygen atoms in total. The van der Waals surface area contributed by atoms with Gasteiger partial charge in [0.05, 0.1) is 10.4 Å². The molecule has 0 radical (unpaired) electrons. The van der Waals surface area contributed by atoms with Crippen LogP contribution >= 0.6 is 11.3 Å². The van der Waals surface area contributed by atoms with Crippen LogP contribution in [0.15, 0.2) is 212 Å².